The maximum absolute atomic E-state index is 11.4. The lowest BCUT2D eigenvalue weighted by molar-refractivity contribution is -0.0743. The lowest BCUT2D eigenvalue weighted by Gasteiger charge is -2.48. The summed E-state index contributed by atoms with van der Waals surface area (Å²) in [6.07, 6.45) is 2.46. The first-order valence-corrected chi connectivity index (χ1v) is 9.68. The van der Waals surface area contributed by atoms with Gasteiger partial charge in [-0.25, -0.2) is 0 Å². The van der Waals surface area contributed by atoms with Crippen molar-refractivity contribution in [2.24, 2.45) is 5.92 Å². The number of hydrogen-bond acceptors (Lipinski definition) is 2. The van der Waals surface area contributed by atoms with Crippen LogP contribution >= 0.6 is 23.2 Å². The van der Waals surface area contributed by atoms with Gasteiger partial charge in [-0.05, 0) is 48.2 Å². The van der Waals surface area contributed by atoms with E-state index in [1.54, 1.807) is 0 Å². The van der Waals surface area contributed by atoms with Crippen LogP contribution in [0.1, 0.15) is 56.3 Å². The molecule has 1 fully saturated rings. The van der Waals surface area contributed by atoms with Crippen LogP contribution in [-0.4, -0.2) is 10.7 Å². The summed E-state index contributed by atoms with van der Waals surface area (Å²) in [6, 6.07) is 16.0. The van der Waals surface area contributed by atoms with E-state index in [9.17, 15) is 5.11 Å². The second kappa shape index (κ2) is 7.67. The minimum absolute atomic E-state index is 0.0724. The van der Waals surface area contributed by atoms with Crippen LogP contribution in [-0.2, 0) is 0 Å². The van der Waals surface area contributed by atoms with Crippen LogP contribution in [0.25, 0.3) is 0 Å². The monoisotopic (exact) mass is 377 g/mol. The highest BCUT2D eigenvalue weighted by Crippen LogP contribution is 2.45. The van der Waals surface area contributed by atoms with Crippen LogP contribution in [0.15, 0.2) is 48.5 Å². The van der Waals surface area contributed by atoms with Crippen molar-refractivity contribution in [1.82, 2.24) is 5.32 Å². The average Bonchev–Trinajstić information content (AvgIpc) is 2.59. The summed E-state index contributed by atoms with van der Waals surface area (Å²) in [5.41, 5.74) is 1.61. The predicted molar refractivity (Wildman–Crippen MR) is 105 cm³/mol. The average molecular weight is 378 g/mol. The quantitative estimate of drug-likeness (QED) is 0.690. The standard InChI is InChI=1S/C21H25Cl2NO/c1-3-12-21(25)13-19(15-4-8-17(22)9-5-15)24-20(14(21)2)16-6-10-18(23)11-7-16/h4-11,14,19-20,24-25H,3,12-13H2,1-2H3/t14-,19-,20+,21+/m1/s1. The van der Waals surface area contributed by atoms with E-state index in [1.165, 1.54) is 0 Å². The highest BCUT2D eigenvalue weighted by atomic mass is 35.5. The third-order valence-corrected chi connectivity index (χ3v) is 5.97. The number of aliphatic hydroxyl groups is 1. The molecule has 4 heteroatoms. The summed E-state index contributed by atoms with van der Waals surface area (Å²) in [4.78, 5) is 0. The molecule has 0 aliphatic carbocycles. The predicted octanol–water partition coefficient (Wildman–Crippen LogP) is 5.94. The second-order valence-electron chi connectivity index (χ2n) is 7.15. The van der Waals surface area contributed by atoms with Gasteiger partial charge >= 0.3 is 0 Å². The molecule has 0 aromatic heterocycles. The van der Waals surface area contributed by atoms with Gasteiger partial charge in [0.05, 0.1) is 5.60 Å². The molecule has 1 heterocycles. The molecule has 0 unspecified atom stereocenters. The molecule has 4 atom stereocenters. The first kappa shape index (κ1) is 18.7. The van der Waals surface area contributed by atoms with Crippen molar-refractivity contribution in [3.05, 3.63) is 69.7 Å². The zero-order valence-corrected chi connectivity index (χ0v) is 16.2. The third-order valence-electron chi connectivity index (χ3n) is 5.47. The van der Waals surface area contributed by atoms with E-state index in [0.29, 0.717) is 6.42 Å². The Morgan fingerprint density at radius 3 is 2.04 bits per heavy atom. The Morgan fingerprint density at radius 2 is 1.52 bits per heavy atom. The summed E-state index contributed by atoms with van der Waals surface area (Å²) in [5, 5.41) is 16.6. The van der Waals surface area contributed by atoms with Gasteiger partial charge in [0.2, 0.25) is 0 Å². The maximum atomic E-state index is 11.4. The molecule has 1 aliphatic heterocycles. The van der Waals surface area contributed by atoms with Crippen LogP contribution in [0.5, 0.6) is 0 Å². The Hall–Kier alpha value is -1.06. The van der Waals surface area contributed by atoms with E-state index >= 15 is 0 Å². The third kappa shape index (κ3) is 4.03. The molecule has 2 aromatic carbocycles. The van der Waals surface area contributed by atoms with Crippen LogP contribution < -0.4 is 5.32 Å². The molecule has 0 bridgehead atoms. The molecular weight excluding hydrogens is 353 g/mol. The SMILES string of the molecule is CCC[C@]1(O)C[C@H](c2ccc(Cl)cc2)N[C@H](c2ccc(Cl)cc2)[C@H]1C. The van der Waals surface area contributed by atoms with Gasteiger partial charge in [0.1, 0.15) is 0 Å². The zero-order valence-electron chi connectivity index (χ0n) is 14.7. The fourth-order valence-corrected chi connectivity index (χ4v) is 4.25. The van der Waals surface area contributed by atoms with Gasteiger partial charge in [-0.2, -0.15) is 0 Å². The molecule has 0 saturated carbocycles. The minimum Gasteiger partial charge on any atom is -0.389 e. The Kier molecular flexibility index (Phi) is 5.75. The number of benzene rings is 2. The zero-order chi connectivity index (χ0) is 18.0. The largest absolute Gasteiger partial charge is 0.389 e. The van der Waals surface area contributed by atoms with E-state index in [4.69, 9.17) is 23.2 Å². The molecule has 0 spiro atoms. The first-order chi connectivity index (χ1) is 11.9. The lowest BCUT2D eigenvalue weighted by Crippen LogP contribution is -2.52. The molecule has 1 aliphatic rings. The molecule has 2 aromatic rings. The normalized spacial score (nSPS) is 29.6. The number of piperidine rings is 1. The van der Waals surface area contributed by atoms with Crippen LogP contribution in [0, 0.1) is 5.92 Å². The van der Waals surface area contributed by atoms with Crippen molar-refractivity contribution < 1.29 is 5.11 Å². The fraction of sp³-hybridized carbons (Fsp3) is 0.429. The Labute approximate surface area is 160 Å². The van der Waals surface area contributed by atoms with Crippen molar-refractivity contribution in [2.45, 2.75) is 50.8 Å². The smallest absolute Gasteiger partial charge is 0.0709 e. The summed E-state index contributed by atoms with van der Waals surface area (Å²) >= 11 is 12.1. The summed E-state index contributed by atoms with van der Waals surface area (Å²) < 4.78 is 0. The second-order valence-corrected chi connectivity index (χ2v) is 8.02. The fourth-order valence-electron chi connectivity index (χ4n) is 4.00. The van der Waals surface area contributed by atoms with Gasteiger partial charge < -0.3 is 10.4 Å². The Bertz CT molecular complexity index is 701. The van der Waals surface area contributed by atoms with E-state index in [2.05, 4.69) is 19.2 Å². The van der Waals surface area contributed by atoms with Crippen LogP contribution in [0.4, 0.5) is 0 Å². The van der Waals surface area contributed by atoms with Gasteiger partial charge in [0.25, 0.3) is 0 Å². The number of halogens is 2. The van der Waals surface area contributed by atoms with Gasteiger partial charge in [-0.3, -0.25) is 0 Å². The molecule has 0 radical (unpaired) electrons. The van der Waals surface area contributed by atoms with Gasteiger partial charge in [-0.15, -0.1) is 0 Å². The number of hydrogen-bond donors (Lipinski definition) is 2. The molecule has 2 N–H and O–H groups in total. The van der Waals surface area contributed by atoms with Crippen molar-refractivity contribution in [3.8, 4) is 0 Å². The molecule has 0 amide bonds. The van der Waals surface area contributed by atoms with Crippen molar-refractivity contribution in [3.63, 3.8) is 0 Å². The van der Waals surface area contributed by atoms with Gasteiger partial charge in [-0.1, -0.05) is 67.7 Å². The highest BCUT2D eigenvalue weighted by Gasteiger charge is 2.45. The Morgan fingerprint density at radius 1 is 1.00 bits per heavy atom. The summed E-state index contributed by atoms with van der Waals surface area (Å²) in [7, 11) is 0. The van der Waals surface area contributed by atoms with Crippen molar-refractivity contribution >= 4 is 23.2 Å². The van der Waals surface area contributed by atoms with Gasteiger partial charge in [0.15, 0.2) is 0 Å². The van der Waals surface area contributed by atoms with Gasteiger partial charge in [0, 0.05) is 28.0 Å². The maximum Gasteiger partial charge on any atom is 0.0709 e. The van der Waals surface area contributed by atoms with E-state index in [1.807, 2.05) is 48.5 Å². The van der Waals surface area contributed by atoms with E-state index in [-0.39, 0.29) is 18.0 Å². The molecule has 3 rings (SSSR count). The number of nitrogens with one attached hydrogen (secondary N) is 1. The van der Waals surface area contributed by atoms with Crippen molar-refractivity contribution in [1.29, 1.82) is 0 Å². The molecule has 134 valence electrons. The minimum atomic E-state index is -0.700. The molecular formula is C21H25Cl2NO. The molecule has 2 nitrogen and oxygen atoms in total. The van der Waals surface area contributed by atoms with Crippen LogP contribution in [0.2, 0.25) is 10.0 Å². The summed E-state index contributed by atoms with van der Waals surface area (Å²) in [6.45, 7) is 4.27. The highest BCUT2D eigenvalue weighted by molar-refractivity contribution is 6.30. The molecule has 1 saturated heterocycles. The van der Waals surface area contributed by atoms with Crippen LogP contribution in [0.3, 0.4) is 0 Å². The lowest BCUT2D eigenvalue weighted by atomic mass is 9.70. The summed E-state index contributed by atoms with van der Waals surface area (Å²) in [5.74, 6) is 0.108. The van der Waals surface area contributed by atoms with Crippen molar-refractivity contribution in [2.75, 3.05) is 0 Å². The number of rotatable bonds is 4. The van der Waals surface area contributed by atoms with E-state index in [0.717, 1.165) is 34.0 Å². The first-order valence-electron chi connectivity index (χ1n) is 8.92. The van der Waals surface area contributed by atoms with E-state index < -0.39 is 5.60 Å². The Balaban J connectivity index is 1.95. The molecule has 25 heavy (non-hydrogen) atoms. The topological polar surface area (TPSA) is 32.3 Å².